The van der Waals surface area contributed by atoms with Gasteiger partial charge in [-0.3, -0.25) is 4.79 Å². The van der Waals surface area contributed by atoms with Crippen molar-refractivity contribution < 1.29 is 9.53 Å². The predicted octanol–water partition coefficient (Wildman–Crippen LogP) is 2.96. The summed E-state index contributed by atoms with van der Waals surface area (Å²) in [7, 11) is 1.62. The van der Waals surface area contributed by atoms with Crippen molar-refractivity contribution >= 4 is 17.5 Å². The topological polar surface area (TPSA) is 67.3 Å². The van der Waals surface area contributed by atoms with Gasteiger partial charge in [0.05, 0.1) is 13.0 Å². The van der Waals surface area contributed by atoms with Crippen LogP contribution >= 0.6 is 0 Å². The second kappa shape index (κ2) is 7.51. The van der Waals surface area contributed by atoms with Crippen molar-refractivity contribution in [2.75, 3.05) is 30.4 Å². The monoisotopic (exact) mass is 340 g/mol. The first-order valence-corrected chi connectivity index (χ1v) is 8.57. The molecule has 1 saturated heterocycles. The van der Waals surface area contributed by atoms with Gasteiger partial charge in [0.15, 0.2) is 0 Å². The van der Waals surface area contributed by atoms with E-state index in [0.717, 1.165) is 48.2 Å². The zero-order valence-corrected chi connectivity index (χ0v) is 15.0. The number of nitrogens with zero attached hydrogens (tertiary/aromatic N) is 3. The van der Waals surface area contributed by atoms with Crippen LogP contribution < -0.4 is 15.0 Å². The largest absolute Gasteiger partial charge is 0.497 e. The Morgan fingerprint density at radius 2 is 1.88 bits per heavy atom. The Morgan fingerprint density at radius 3 is 2.52 bits per heavy atom. The third-order valence-electron chi connectivity index (χ3n) is 4.40. The first kappa shape index (κ1) is 17.2. The van der Waals surface area contributed by atoms with E-state index in [4.69, 9.17) is 4.74 Å². The fourth-order valence-corrected chi connectivity index (χ4v) is 3.14. The van der Waals surface area contributed by atoms with Crippen molar-refractivity contribution in [3.63, 3.8) is 0 Å². The number of hydrogen-bond donors (Lipinski definition) is 1. The van der Waals surface area contributed by atoms with Gasteiger partial charge < -0.3 is 15.0 Å². The Balaban J connectivity index is 1.66. The molecule has 1 amide bonds. The summed E-state index contributed by atoms with van der Waals surface area (Å²) in [6.45, 7) is 5.46. The SMILES string of the molecule is COc1ccc(NC(=O)[C@H]2CCCN(c3nc(C)cc(C)n3)C2)cc1. The number of nitrogens with one attached hydrogen (secondary N) is 1. The minimum Gasteiger partial charge on any atom is -0.497 e. The predicted molar refractivity (Wildman–Crippen MR) is 98.1 cm³/mol. The molecule has 1 aliphatic heterocycles. The molecule has 1 atom stereocenters. The summed E-state index contributed by atoms with van der Waals surface area (Å²) < 4.78 is 5.14. The van der Waals surface area contributed by atoms with Crippen molar-refractivity contribution in [3.8, 4) is 5.75 Å². The van der Waals surface area contributed by atoms with E-state index in [9.17, 15) is 4.79 Å². The van der Waals surface area contributed by atoms with Gasteiger partial charge in [-0.2, -0.15) is 0 Å². The van der Waals surface area contributed by atoms with Gasteiger partial charge in [-0.1, -0.05) is 0 Å². The van der Waals surface area contributed by atoms with Gasteiger partial charge in [-0.25, -0.2) is 9.97 Å². The van der Waals surface area contributed by atoms with Crippen LogP contribution in [0.3, 0.4) is 0 Å². The summed E-state index contributed by atoms with van der Waals surface area (Å²) in [5.41, 5.74) is 2.69. The fourth-order valence-electron chi connectivity index (χ4n) is 3.14. The fraction of sp³-hybridized carbons (Fsp3) is 0.421. The summed E-state index contributed by atoms with van der Waals surface area (Å²) in [4.78, 5) is 23.8. The van der Waals surface area contributed by atoms with E-state index in [1.165, 1.54) is 0 Å². The highest BCUT2D eigenvalue weighted by atomic mass is 16.5. The lowest BCUT2D eigenvalue weighted by Crippen LogP contribution is -2.41. The number of amides is 1. The van der Waals surface area contributed by atoms with Crippen molar-refractivity contribution in [1.29, 1.82) is 0 Å². The zero-order valence-electron chi connectivity index (χ0n) is 15.0. The Kier molecular flexibility index (Phi) is 5.16. The molecule has 1 aliphatic rings. The van der Waals surface area contributed by atoms with Gasteiger partial charge in [0.1, 0.15) is 5.75 Å². The number of aromatic nitrogens is 2. The number of aryl methyl sites for hydroxylation is 2. The quantitative estimate of drug-likeness (QED) is 0.927. The van der Waals surface area contributed by atoms with E-state index in [2.05, 4.69) is 20.2 Å². The molecule has 132 valence electrons. The maximum atomic E-state index is 12.6. The summed E-state index contributed by atoms with van der Waals surface area (Å²) in [5.74, 6) is 1.47. The lowest BCUT2D eigenvalue weighted by atomic mass is 9.97. The smallest absolute Gasteiger partial charge is 0.229 e. The Hall–Kier alpha value is -2.63. The lowest BCUT2D eigenvalue weighted by molar-refractivity contribution is -0.120. The van der Waals surface area contributed by atoms with E-state index >= 15 is 0 Å². The van der Waals surface area contributed by atoms with Crippen LogP contribution in [-0.2, 0) is 4.79 Å². The third kappa shape index (κ3) is 4.26. The number of carbonyl (C=O) groups excluding carboxylic acids is 1. The zero-order chi connectivity index (χ0) is 17.8. The molecule has 2 aromatic rings. The summed E-state index contributed by atoms with van der Waals surface area (Å²) in [6.07, 6.45) is 1.83. The van der Waals surface area contributed by atoms with Crippen LogP contribution in [0.15, 0.2) is 30.3 Å². The van der Waals surface area contributed by atoms with Crippen LogP contribution in [0.25, 0.3) is 0 Å². The first-order chi connectivity index (χ1) is 12.0. The summed E-state index contributed by atoms with van der Waals surface area (Å²) in [6, 6.07) is 9.34. The molecule has 1 aromatic heterocycles. The van der Waals surface area contributed by atoms with E-state index in [1.54, 1.807) is 7.11 Å². The second-order valence-corrected chi connectivity index (χ2v) is 6.45. The average molecular weight is 340 g/mol. The minimum atomic E-state index is -0.0692. The van der Waals surface area contributed by atoms with Gasteiger partial charge >= 0.3 is 0 Å². The van der Waals surface area contributed by atoms with E-state index in [1.807, 2.05) is 44.2 Å². The molecule has 0 aliphatic carbocycles. The Morgan fingerprint density at radius 1 is 1.20 bits per heavy atom. The highest BCUT2D eigenvalue weighted by Crippen LogP contribution is 2.23. The molecule has 6 heteroatoms. The standard InChI is InChI=1S/C19H24N4O2/c1-13-11-14(2)21-19(20-13)23-10-4-5-15(12-23)18(24)22-16-6-8-17(25-3)9-7-16/h6-9,11,15H,4-5,10,12H2,1-3H3,(H,22,24)/t15-/m0/s1. The maximum absolute atomic E-state index is 12.6. The number of hydrogen-bond acceptors (Lipinski definition) is 5. The molecular weight excluding hydrogens is 316 g/mol. The average Bonchev–Trinajstić information content (AvgIpc) is 2.61. The third-order valence-corrected chi connectivity index (χ3v) is 4.40. The van der Waals surface area contributed by atoms with Crippen molar-refractivity contribution in [2.24, 2.45) is 5.92 Å². The minimum absolute atomic E-state index is 0.0410. The van der Waals surface area contributed by atoms with Gasteiger partial charge in [0.2, 0.25) is 11.9 Å². The highest BCUT2D eigenvalue weighted by Gasteiger charge is 2.27. The Bertz CT molecular complexity index is 725. The molecule has 1 fully saturated rings. The van der Waals surface area contributed by atoms with Crippen molar-refractivity contribution in [3.05, 3.63) is 41.7 Å². The van der Waals surface area contributed by atoms with Crippen LogP contribution in [0.4, 0.5) is 11.6 Å². The number of methoxy groups -OCH3 is 1. The number of ether oxygens (including phenoxy) is 1. The maximum Gasteiger partial charge on any atom is 0.229 e. The van der Waals surface area contributed by atoms with E-state index in [-0.39, 0.29) is 11.8 Å². The molecule has 3 rings (SSSR count). The molecule has 0 saturated carbocycles. The molecule has 1 aromatic carbocycles. The van der Waals surface area contributed by atoms with Crippen molar-refractivity contribution in [1.82, 2.24) is 9.97 Å². The second-order valence-electron chi connectivity index (χ2n) is 6.45. The van der Waals surface area contributed by atoms with Crippen LogP contribution in [0.2, 0.25) is 0 Å². The molecule has 0 spiro atoms. The Labute approximate surface area is 148 Å². The molecule has 25 heavy (non-hydrogen) atoms. The van der Waals surface area contributed by atoms with Gasteiger partial charge in [-0.15, -0.1) is 0 Å². The highest BCUT2D eigenvalue weighted by molar-refractivity contribution is 5.93. The molecule has 2 heterocycles. The molecule has 0 bridgehead atoms. The van der Waals surface area contributed by atoms with Crippen LogP contribution in [0.1, 0.15) is 24.2 Å². The molecular formula is C19H24N4O2. The number of carbonyl (C=O) groups is 1. The van der Waals surface area contributed by atoms with Gasteiger partial charge in [0, 0.05) is 30.2 Å². The van der Waals surface area contributed by atoms with E-state index < -0.39 is 0 Å². The summed E-state index contributed by atoms with van der Waals surface area (Å²) in [5, 5.41) is 3.00. The van der Waals surface area contributed by atoms with Crippen molar-refractivity contribution in [2.45, 2.75) is 26.7 Å². The summed E-state index contributed by atoms with van der Waals surface area (Å²) >= 11 is 0. The van der Waals surface area contributed by atoms with Gasteiger partial charge in [0.25, 0.3) is 0 Å². The number of benzene rings is 1. The molecule has 0 unspecified atom stereocenters. The van der Waals surface area contributed by atoms with E-state index in [0.29, 0.717) is 6.54 Å². The lowest BCUT2D eigenvalue weighted by Gasteiger charge is -2.32. The normalized spacial score (nSPS) is 17.2. The number of anilines is 2. The van der Waals surface area contributed by atoms with Crippen LogP contribution in [0, 0.1) is 19.8 Å². The van der Waals surface area contributed by atoms with Crippen LogP contribution in [-0.4, -0.2) is 36.1 Å². The van der Waals surface area contributed by atoms with Gasteiger partial charge in [-0.05, 0) is 57.0 Å². The molecule has 1 N–H and O–H groups in total. The molecule has 6 nitrogen and oxygen atoms in total. The number of rotatable bonds is 4. The van der Waals surface area contributed by atoms with Crippen LogP contribution in [0.5, 0.6) is 5.75 Å². The number of piperidine rings is 1. The first-order valence-electron chi connectivity index (χ1n) is 8.57. The molecule has 0 radical (unpaired) electrons.